The smallest absolute Gasteiger partial charge is 0.230 e. The Balaban J connectivity index is 1.75. The lowest BCUT2D eigenvalue weighted by Crippen LogP contribution is -2.15. The molecule has 0 bridgehead atoms. The normalized spacial score (nSPS) is 10.6. The number of ketones is 1. The minimum atomic E-state index is -0.243. The van der Waals surface area contributed by atoms with Crippen LogP contribution in [0, 0.1) is 6.92 Å². The number of Topliss-reactive ketones (excluding diaryl/α,β-unsaturated/α-hetero) is 1. The van der Waals surface area contributed by atoms with Crippen LogP contribution in [-0.4, -0.2) is 16.7 Å². The lowest BCUT2D eigenvalue weighted by molar-refractivity contribution is -0.115. The van der Waals surface area contributed by atoms with Crippen molar-refractivity contribution in [1.29, 1.82) is 0 Å². The molecule has 0 unspecified atom stereocenters. The summed E-state index contributed by atoms with van der Waals surface area (Å²) in [6.45, 7) is 3.24. The van der Waals surface area contributed by atoms with Gasteiger partial charge >= 0.3 is 0 Å². The van der Waals surface area contributed by atoms with Gasteiger partial charge in [-0.1, -0.05) is 35.9 Å². The van der Waals surface area contributed by atoms with Crippen LogP contribution in [0.2, 0.25) is 5.02 Å². The second-order valence-corrected chi connectivity index (χ2v) is 6.27. The first-order valence-electron chi connectivity index (χ1n) is 8.06. The average Bonchev–Trinajstić information content (AvgIpc) is 2.95. The molecule has 26 heavy (non-hydrogen) atoms. The van der Waals surface area contributed by atoms with Gasteiger partial charge in [0.2, 0.25) is 11.8 Å². The highest BCUT2D eigenvalue weighted by Gasteiger charge is 2.16. The third-order valence-corrected chi connectivity index (χ3v) is 4.21. The number of halogens is 1. The van der Waals surface area contributed by atoms with E-state index in [0.29, 0.717) is 39.2 Å². The number of aromatic nitrogens is 1. The lowest BCUT2D eigenvalue weighted by Gasteiger charge is -2.05. The van der Waals surface area contributed by atoms with Crippen molar-refractivity contribution in [3.05, 3.63) is 70.6 Å². The quantitative estimate of drug-likeness (QED) is 0.663. The molecule has 0 aliphatic carbocycles. The number of anilines is 1. The second kappa shape index (κ2) is 7.54. The first-order chi connectivity index (χ1) is 12.4. The predicted octanol–water partition coefficient (Wildman–Crippen LogP) is 4.69. The Labute approximate surface area is 156 Å². The number of hydrogen-bond donors (Lipinski definition) is 1. The molecule has 2 aromatic carbocycles. The maximum atomic E-state index is 12.3. The van der Waals surface area contributed by atoms with Gasteiger partial charge in [-0.2, -0.15) is 0 Å². The van der Waals surface area contributed by atoms with Crippen LogP contribution in [0.5, 0.6) is 0 Å². The van der Waals surface area contributed by atoms with Crippen LogP contribution in [-0.2, 0) is 11.2 Å². The third-order valence-electron chi connectivity index (χ3n) is 3.88. The predicted molar refractivity (Wildman–Crippen MR) is 100 cm³/mol. The van der Waals surface area contributed by atoms with Crippen LogP contribution in [0.4, 0.5) is 5.69 Å². The van der Waals surface area contributed by atoms with E-state index < -0.39 is 0 Å². The van der Waals surface area contributed by atoms with E-state index in [4.69, 9.17) is 16.0 Å². The van der Waals surface area contributed by atoms with Gasteiger partial charge in [0.15, 0.2) is 5.78 Å². The van der Waals surface area contributed by atoms with Crippen LogP contribution >= 0.6 is 11.6 Å². The van der Waals surface area contributed by atoms with Crippen LogP contribution in [0.3, 0.4) is 0 Å². The number of hydrogen-bond acceptors (Lipinski definition) is 4. The summed E-state index contributed by atoms with van der Waals surface area (Å²) in [5.74, 6) is 0.646. The first kappa shape index (κ1) is 17.9. The molecule has 3 aromatic rings. The average molecular weight is 369 g/mol. The number of nitrogens with one attached hydrogen (secondary N) is 1. The minimum Gasteiger partial charge on any atom is -0.441 e. The highest BCUT2D eigenvalue weighted by Crippen LogP contribution is 2.28. The number of oxazole rings is 1. The Morgan fingerprint density at radius 1 is 1.15 bits per heavy atom. The summed E-state index contributed by atoms with van der Waals surface area (Å²) in [6, 6.07) is 14.0. The summed E-state index contributed by atoms with van der Waals surface area (Å²) in [4.78, 5) is 28.2. The highest BCUT2D eigenvalue weighted by atomic mass is 35.5. The molecular formula is C20H17ClN2O3. The van der Waals surface area contributed by atoms with Gasteiger partial charge in [0.25, 0.3) is 0 Å². The van der Waals surface area contributed by atoms with Crippen LogP contribution in [0.1, 0.15) is 28.7 Å². The van der Waals surface area contributed by atoms with Crippen LogP contribution < -0.4 is 5.32 Å². The number of carbonyl (C=O) groups is 2. The molecule has 0 radical (unpaired) electrons. The van der Waals surface area contributed by atoms with E-state index in [9.17, 15) is 9.59 Å². The van der Waals surface area contributed by atoms with E-state index in [0.717, 1.165) is 0 Å². The Morgan fingerprint density at radius 2 is 1.92 bits per heavy atom. The molecule has 0 aliphatic rings. The Hall–Kier alpha value is -2.92. The van der Waals surface area contributed by atoms with Gasteiger partial charge in [-0.3, -0.25) is 9.59 Å². The summed E-state index contributed by atoms with van der Waals surface area (Å²) in [6.07, 6.45) is 0.0596. The molecule has 0 saturated carbocycles. The SMILES string of the molecule is CC(=O)c1cccc(NC(=O)Cc2nc(-c3ccccc3Cl)oc2C)c1. The standard InChI is InChI=1S/C20H17ClN2O3/c1-12(24)14-6-5-7-15(10-14)22-19(25)11-18-13(2)26-20(23-18)16-8-3-4-9-17(16)21/h3-10H,11H2,1-2H3,(H,22,25). The molecular weight excluding hydrogens is 352 g/mol. The fraction of sp³-hybridized carbons (Fsp3) is 0.150. The Morgan fingerprint density at radius 3 is 2.65 bits per heavy atom. The topological polar surface area (TPSA) is 72.2 Å². The maximum absolute atomic E-state index is 12.3. The van der Waals surface area contributed by atoms with Crippen LogP contribution in [0.15, 0.2) is 52.9 Å². The molecule has 0 spiro atoms. The van der Waals surface area contributed by atoms with Crippen molar-refractivity contribution in [1.82, 2.24) is 4.98 Å². The zero-order chi connectivity index (χ0) is 18.7. The number of rotatable bonds is 5. The molecule has 132 valence electrons. The molecule has 1 N–H and O–H groups in total. The molecule has 6 heteroatoms. The molecule has 0 saturated heterocycles. The fourth-order valence-electron chi connectivity index (χ4n) is 2.52. The number of aryl methyl sites for hydroxylation is 1. The van der Waals surface area contributed by atoms with Crippen molar-refractivity contribution in [2.45, 2.75) is 20.3 Å². The van der Waals surface area contributed by atoms with Crippen molar-refractivity contribution in [3.8, 4) is 11.5 Å². The van der Waals surface area contributed by atoms with E-state index in [-0.39, 0.29) is 18.1 Å². The molecule has 5 nitrogen and oxygen atoms in total. The molecule has 1 heterocycles. The van der Waals surface area contributed by atoms with E-state index in [1.54, 1.807) is 37.3 Å². The van der Waals surface area contributed by atoms with Crippen molar-refractivity contribution >= 4 is 29.0 Å². The van der Waals surface area contributed by atoms with Crippen molar-refractivity contribution in [2.75, 3.05) is 5.32 Å². The summed E-state index contributed by atoms with van der Waals surface area (Å²) in [5.41, 5.74) is 2.33. The zero-order valence-corrected chi connectivity index (χ0v) is 15.1. The van der Waals surface area contributed by atoms with Gasteiger partial charge in [0.05, 0.1) is 22.7 Å². The molecule has 1 aromatic heterocycles. The zero-order valence-electron chi connectivity index (χ0n) is 14.4. The highest BCUT2D eigenvalue weighted by molar-refractivity contribution is 6.33. The van der Waals surface area contributed by atoms with Crippen molar-refractivity contribution in [2.24, 2.45) is 0 Å². The van der Waals surface area contributed by atoms with E-state index >= 15 is 0 Å². The molecule has 0 atom stereocenters. The van der Waals surface area contributed by atoms with Gasteiger partial charge in [-0.25, -0.2) is 4.98 Å². The number of amides is 1. The fourth-order valence-corrected chi connectivity index (χ4v) is 2.73. The van der Waals surface area contributed by atoms with Gasteiger partial charge in [-0.05, 0) is 38.1 Å². The van der Waals surface area contributed by atoms with Gasteiger partial charge in [-0.15, -0.1) is 0 Å². The van der Waals surface area contributed by atoms with E-state index in [1.165, 1.54) is 6.92 Å². The molecule has 3 rings (SSSR count). The monoisotopic (exact) mass is 368 g/mol. The molecule has 1 amide bonds. The van der Waals surface area contributed by atoms with Crippen LogP contribution in [0.25, 0.3) is 11.5 Å². The first-order valence-corrected chi connectivity index (χ1v) is 8.44. The number of benzene rings is 2. The minimum absolute atomic E-state index is 0.0576. The largest absolute Gasteiger partial charge is 0.441 e. The molecule has 0 fully saturated rings. The van der Waals surface area contributed by atoms with Gasteiger partial charge in [0.1, 0.15) is 5.76 Å². The Bertz CT molecular complexity index is 979. The Kier molecular flexibility index (Phi) is 5.19. The van der Waals surface area contributed by atoms with E-state index in [2.05, 4.69) is 10.3 Å². The maximum Gasteiger partial charge on any atom is 0.230 e. The van der Waals surface area contributed by atoms with Gasteiger partial charge in [0, 0.05) is 11.3 Å². The van der Waals surface area contributed by atoms with Crippen molar-refractivity contribution in [3.63, 3.8) is 0 Å². The third kappa shape index (κ3) is 4.00. The summed E-state index contributed by atoms with van der Waals surface area (Å²) >= 11 is 6.17. The number of nitrogens with zero attached hydrogens (tertiary/aromatic N) is 1. The van der Waals surface area contributed by atoms with E-state index in [1.807, 2.05) is 18.2 Å². The molecule has 0 aliphatic heterocycles. The van der Waals surface area contributed by atoms with Crippen molar-refractivity contribution < 1.29 is 14.0 Å². The second-order valence-electron chi connectivity index (χ2n) is 5.86. The summed E-state index contributed by atoms with van der Waals surface area (Å²) < 4.78 is 5.66. The van der Waals surface area contributed by atoms with Gasteiger partial charge < -0.3 is 9.73 Å². The number of carbonyl (C=O) groups excluding carboxylic acids is 2. The summed E-state index contributed by atoms with van der Waals surface area (Å²) in [7, 11) is 0. The lowest BCUT2D eigenvalue weighted by atomic mass is 10.1. The summed E-state index contributed by atoms with van der Waals surface area (Å²) in [5, 5.41) is 3.31.